The van der Waals surface area contributed by atoms with Crippen molar-refractivity contribution in [2.75, 3.05) is 12.4 Å². The summed E-state index contributed by atoms with van der Waals surface area (Å²) < 4.78 is 10.6. The second-order valence-electron chi connectivity index (χ2n) is 6.50. The van der Waals surface area contributed by atoms with Crippen molar-refractivity contribution >= 4 is 28.9 Å². The molecule has 154 valence electrons. The average molecular weight is 430 g/mol. The second kappa shape index (κ2) is 9.23. The Morgan fingerprint density at radius 1 is 0.871 bits per heavy atom. The predicted molar refractivity (Wildman–Crippen MR) is 120 cm³/mol. The van der Waals surface area contributed by atoms with Crippen LogP contribution < -0.4 is 14.8 Å². The Bertz CT molecular complexity index is 1190. The molecule has 0 unspecified atom stereocenters. The van der Waals surface area contributed by atoms with Crippen molar-refractivity contribution in [3.05, 3.63) is 95.5 Å². The average Bonchev–Trinajstić information content (AvgIpc) is 3.31. The van der Waals surface area contributed by atoms with Crippen LogP contribution in [0.25, 0.3) is 10.6 Å². The largest absolute Gasteiger partial charge is 0.497 e. The van der Waals surface area contributed by atoms with Crippen LogP contribution in [0.5, 0.6) is 11.5 Å². The Balaban J connectivity index is 1.38. The molecule has 0 saturated heterocycles. The molecule has 1 aromatic heterocycles. The van der Waals surface area contributed by atoms with Crippen molar-refractivity contribution in [2.24, 2.45) is 0 Å². The van der Waals surface area contributed by atoms with Crippen molar-refractivity contribution in [2.45, 2.75) is 0 Å². The molecule has 0 fully saturated rings. The summed E-state index contributed by atoms with van der Waals surface area (Å²) in [5, 5.41) is 5.18. The Hall–Kier alpha value is -3.97. The summed E-state index contributed by atoms with van der Waals surface area (Å²) in [5.41, 5.74) is 2.29. The highest BCUT2D eigenvalue weighted by Gasteiger charge is 2.14. The van der Waals surface area contributed by atoms with E-state index in [1.54, 1.807) is 61.0 Å². The Kier molecular flexibility index (Phi) is 6.05. The van der Waals surface area contributed by atoms with Crippen LogP contribution in [-0.2, 0) is 0 Å². The number of nitrogens with one attached hydrogen (secondary N) is 1. The quantitative estimate of drug-likeness (QED) is 0.332. The molecule has 1 heterocycles. The number of carbonyl (C=O) groups excluding carboxylic acids is 2. The minimum atomic E-state index is -0.544. The molecule has 31 heavy (non-hydrogen) atoms. The minimum Gasteiger partial charge on any atom is -0.497 e. The molecule has 3 aromatic carbocycles. The lowest BCUT2D eigenvalue weighted by atomic mass is 10.2. The fraction of sp³-hybridized carbons (Fsp3) is 0.0417. The first-order chi connectivity index (χ1) is 15.1. The summed E-state index contributed by atoms with van der Waals surface area (Å²) >= 11 is 1.36. The number of rotatable bonds is 6. The van der Waals surface area contributed by atoms with Gasteiger partial charge in [-0.3, -0.25) is 4.79 Å². The standard InChI is InChI=1S/C24H18N2O4S/c1-29-19-11-7-17(8-12-19)23-26-21(15-31-23)24(28)30-20-13-9-18(10-14-20)25-22(27)16-5-3-2-4-6-16/h2-15H,1H3,(H,25,27). The third-order valence-corrected chi connectivity index (χ3v) is 5.30. The van der Waals surface area contributed by atoms with Gasteiger partial charge in [-0.05, 0) is 60.7 Å². The molecule has 1 amide bonds. The summed E-state index contributed by atoms with van der Waals surface area (Å²) in [6, 6.07) is 23.0. The first kappa shape index (κ1) is 20.3. The van der Waals surface area contributed by atoms with Crippen LogP contribution in [-0.4, -0.2) is 24.0 Å². The first-order valence-corrected chi connectivity index (χ1v) is 10.3. The lowest BCUT2D eigenvalue weighted by molar-refractivity contribution is 0.0729. The van der Waals surface area contributed by atoms with Gasteiger partial charge < -0.3 is 14.8 Å². The predicted octanol–water partition coefficient (Wildman–Crippen LogP) is 5.29. The van der Waals surface area contributed by atoms with Crippen LogP contribution in [0.3, 0.4) is 0 Å². The lowest BCUT2D eigenvalue weighted by Gasteiger charge is -2.07. The van der Waals surface area contributed by atoms with E-state index >= 15 is 0 Å². The maximum atomic E-state index is 12.4. The van der Waals surface area contributed by atoms with Crippen LogP contribution in [0.2, 0.25) is 0 Å². The van der Waals surface area contributed by atoms with Crippen LogP contribution in [0.4, 0.5) is 5.69 Å². The number of benzene rings is 3. The van der Waals surface area contributed by atoms with E-state index in [-0.39, 0.29) is 11.6 Å². The van der Waals surface area contributed by atoms with Gasteiger partial charge >= 0.3 is 5.97 Å². The van der Waals surface area contributed by atoms with Gasteiger partial charge in [0.05, 0.1) is 7.11 Å². The van der Waals surface area contributed by atoms with Gasteiger partial charge in [0.15, 0.2) is 5.69 Å². The van der Waals surface area contributed by atoms with E-state index in [0.29, 0.717) is 22.0 Å². The SMILES string of the molecule is COc1ccc(-c2nc(C(=O)Oc3ccc(NC(=O)c4ccccc4)cc3)cs2)cc1. The first-order valence-electron chi connectivity index (χ1n) is 9.41. The summed E-state index contributed by atoms with van der Waals surface area (Å²) in [4.78, 5) is 29.0. The molecule has 0 aliphatic rings. The van der Waals surface area contributed by atoms with E-state index < -0.39 is 5.97 Å². The number of aromatic nitrogens is 1. The maximum absolute atomic E-state index is 12.4. The van der Waals surface area contributed by atoms with Crippen LogP contribution in [0.15, 0.2) is 84.2 Å². The monoisotopic (exact) mass is 430 g/mol. The fourth-order valence-corrected chi connectivity index (χ4v) is 3.59. The van der Waals surface area contributed by atoms with E-state index in [1.165, 1.54) is 11.3 Å². The van der Waals surface area contributed by atoms with E-state index in [1.807, 2.05) is 30.3 Å². The van der Waals surface area contributed by atoms with E-state index in [0.717, 1.165) is 11.3 Å². The maximum Gasteiger partial charge on any atom is 0.363 e. The number of hydrogen-bond donors (Lipinski definition) is 1. The number of carbonyl (C=O) groups is 2. The van der Waals surface area contributed by atoms with Gasteiger partial charge in [-0.1, -0.05) is 18.2 Å². The van der Waals surface area contributed by atoms with Crippen molar-refractivity contribution in [1.82, 2.24) is 4.98 Å². The lowest BCUT2D eigenvalue weighted by Crippen LogP contribution is -2.12. The topological polar surface area (TPSA) is 77.5 Å². The third kappa shape index (κ3) is 4.96. The Morgan fingerprint density at radius 2 is 1.55 bits per heavy atom. The molecule has 0 spiro atoms. The summed E-state index contributed by atoms with van der Waals surface area (Å²) in [6.07, 6.45) is 0. The molecular formula is C24H18N2O4S. The Labute approximate surface area is 183 Å². The normalized spacial score (nSPS) is 10.4. The van der Waals surface area contributed by atoms with E-state index in [4.69, 9.17) is 9.47 Å². The second-order valence-corrected chi connectivity index (χ2v) is 7.36. The number of ether oxygens (including phenoxy) is 2. The van der Waals surface area contributed by atoms with Crippen molar-refractivity contribution in [3.63, 3.8) is 0 Å². The summed E-state index contributed by atoms with van der Waals surface area (Å²) in [6.45, 7) is 0. The number of esters is 1. The highest BCUT2D eigenvalue weighted by atomic mass is 32.1. The molecule has 0 aliphatic carbocycles. The van der Waals surface area contributed by atoms with Gasteiger partial charge in [-0.15, -0.1) is 11.3 Å². The molecule has 6 nitrogen and oxygen atoms in total. The molecule has 4 aromatic rings. The molecule has 0 radical (unpaired) electrons. The number of thiazole rings is 1. The molecule has 0 atom stereocenters. The molecule has 0 aliphatic heterocycles. The zero-order chi connectivity index (χ0) is 21.6. The molecular weight excluding hydrogens is 412 g/mol. The summed E-state index contributed by atoms with van der Waals surface area (Å²) in [5.74, 6) is 0.362. The van der Waals surface area contributed by atoms with Gasteiger partial charge in [0.1, 0.15) is 16.5 Å². The smallest absolute Gasteiger partial charge is 0.363 e. The highest BCUT2D eigenvalue weighted by molar-refractivity contribution is 7.13. The molecule has 7 heteroatoms. The van der Waals surface area contributed by atoms with Crippen molar-refractivity contribution < 1.29 is 19.1 Å². The van der Waals surface area contributed by atoms with Crippen molar-refractivity contribution in [1.29, 1.82) is 0 Å². The molecule has 0 bridgehead atoms. The van der Waals surface area contributed by atoms with Crippen LogP contribution in [0, 0.1) is 0 Å². The number of nitrogens with zero attached hydrogens (tertiary/aromatic N) is 1. The van der Waals surface area contributed by atoms with Gasteiger partial charge in [0.25, 0.3) is 5.91 Å². The van der Waals surface area contributed by atoms with Gasteiger partial charge in [0.2, 0.25) is 0 Å². The number of amides is 1. The Morgan fingerprint density at radius 3 is 2.23 bits per heavy atom. The molecule has 1 N–H and O–H groups in total. The van der Waals surface area contributed by atoms with Gasteiger partial charge in [-0.25, -0.2) is 9.78 Å². The molecule has 0 saturated carbocycles. The van der Waals surface area contributed by atoms with Gasteiger partial charge in [0, 0.05) is 22.2 Å². The fourth-order valence-electron chi connectivity index (χ4n) is 2.79. The zero-order valence-corrected chi connectivity index (χ0v) is 17.4. The van der Waals surface area contributed by atoms with E-state index in [9.17, 15) is 9.59 Å². The van der Waals surface area contributed by atoms with E-state index in [2.05, 4.69) is 10.3 Å². The van der Waals surface area contributed by atoms with Crippen LogP contribution >= 0.6 is 11.3 Å². The third-order valence-electron chi connectivity index (χ3n) is 4.41. The highest BCUT2D eigenvalue weighted by Crippen LogP contribution is 2.26. The van der Waals surface area contributed by atoms with Gasteiger partial charge in [-0.2, -0.15) is 0 Å². The zero-order valence-electron chi connectivity index (χ0n) is 16.6. The van der Waals surface area contributed by atoms with Crippen molar-refractivity contribution in [3.8, 4) is 22.1 Å². The number of methoxy groups -OCH3 is 1. The summed E-state index contributed by atoms with van der Waals surface area (Å²) in [7, 11) is 1.61. The van der Waals surface area contributed by atoms with Crippen LogP contribution in [0.1, 0.15) is 20.8 Å². The minimum absolute atomic E-state index is 0.209. The number of anilines is 1. The number of hydrogen-bond acceptors (Lipinski definition) is 6. The molecule has 4 rings (SSSR count).